The van der Waals surface area contributed by atoms with Crippen LogP contribution in [0.5, 0.6) is 0 Å². The van der Waals surface area contributed by atoms with E-state index in [9.17, 15) is 0 Å². The van der Waals surface area contributed by atoms with Crippen molar-refractivity contribution in [2.45, 2.75) is 69.2 Å². The van der Waals surface area contributed by atoms with Crippen LogP contribution < -0.4 is 15.6 Å². The molecular weight excluding hydrogens is 1070 g/mol. The second-order valence-corrected chi connectivity index (χ2v) is 27.9. The lowest BCUT2D eigenvalue weighted by atomic mass is 9.82. The average Bonchev–Trinajstić information content (AvgIpc) is 1.38. The summed E-state index contributed by atoms with van der Waals surface area (Å²) >= 11 is 0. The van der Waals surface area contributed by atoms with Crippen molar-refractivity contribution in [1.29, 1.82) is 0 Å². The summed E-state index contributed by atoms with van der Waals surface area (Å²) in [5, 5.41) is 5.94. The third kappa shape index (κ3) is 9.43. The lowest BCUT2D eigenvalue weighted by molar-refractivity contribution is 0.851. The number of hydrogen-bond acceptors (Lipinski definition) is 0. The molecule has 1 aliphatic rings. The molecule has 0 spiro atoms. The van der Waals surface area contributed by atoms with Crippen LogP contribution in [0.2, 0.25) is 0 Å². The predicted octanol–water partition coefficient (Wildman–Crippen LogP) is 21.9. The van der Waals surface area contributed by atoms with Gasteiger partial charge in [0.1, 0.15) is 0 Å². The maximum atomic E-state index is 2.56. The summed E-state index contributed by atoms with van der Waals surface area (Å²) in [4.78, 5) is 0. The van der Waals surface area contributed by atoms with Crippen LogP contribution in [0.1, 0.15) is 61.1 Å². The van der Waals surface area contributed by atoms with Gasteiger partial charge in [0.25, 0.3) is 0 Å². The van der Waals surface area contributed by atoms with Crippen LogP contribution in [0.25, 0.3) is 100 Å². The van der Waals surface area contributed by atoms with E-state index in [1.165, 1.54) is 166 Å². The van der Waals surface area contributed by atoms with Gasteiger partial charge in [0.05, 0.1) is 0 Å². The molecule has 0 N–H and O–H groups in total. The molecule has 0 radical (unpaired) electrons. The molecule has 12 aromatic rings. The van der Waals surface area contributed by atoms with E-state index in [4.69, 9.17) is 0 Å². The standard InChI is InChI=1S/C87H76Si/c1-56-57(2)59(4)84(58(56)3)88(85-60(5)75(66-38-20-11-21-39-66)81(72-50-32-17-33-51-72)76(61(85)6)67-40-22-12-23-41-67,86-62(7)77(68-42-24-13-25-43-68)82(73-52-34-18-35-53-73)78(63(86)8)69-44-26-14-27-45-69)87-64(9)79(70-46-28-15-29-47-70)83(74-54-36-19-37-55-74)80(65(87)10)71-48-30-16-31-49-71/h11-55,58H,1-10H3. The normalized spacial score (nSPS) is 13.4. The zero-order chi connectivity index (χ0) is 60.8. The van der Waals surface area contributed by atoms with E-state index >= 15 is 0 Å². The van der Waals surface area contributed by atoms with Gasteiger partial charge in [-0.05, 0) is 223 Å². The first-order chi connectivity index (χ1) is 42.9. The molecule has 0 fully saturated rings. The zero-order valence-corrected chi connectivity index (χ0v) is 53.6. The highest BCUT2D eigenvalue weighted by atomic mass is 28.3. The molecule has 0 aromatic heterocycles. The molecule has 1 atom stereocenters. The summed E-state index contributed by atoms with van der Waals surface area (Å²) in [6.45, 7) is 25.0. The number of rotatable bonds is 13. The minimum Gasteiger partial charge on any atom is -0.0636 e. The summed E-state index contributed by atoms with van der Waals surface area (Å²) in [5.41, 5.74) is 34.5. The summed E-state index contributed by atoms with van der Waals surface area (Å²) in [6, 6.07) is 102. The van der Waals surface area contributed by atoms with Gasteiger partial charge in [0.2, 0.25) is 0 Å². The smallest absolute Gasteiger partial charge is 0.0636 e. The molecule has 428 valence electrons. The van der Waals surface area contributed by atoms with E-state index in [0.29, 0.717) is 0 Å². The lowest BCUT2D eigenvalue weighted by Crippen LogP contribution is -2.73. The number of allylic oxidation sites excluding steroid dienone is 4. The van der Waals surface area contributed by atoms with Crippen molar-refractivity contribution in [3.63, 3.8) is 0 Å². The van der Waals surface area contributed by atoms with Crippen LogP contribution in [0.4, 0.5) is 0 Å². The Balaban J connectivity index is 1.42. The maximum absolute atomic E-state index is 3.99. The highest BCUT2D eigenvalue weighted by Gasteiger charge is 2.55. The zero-order valence-electron chi connectivity index (χ0n) is 52.6. The Labute approximate surface area is 524 Å². The minimum absolute atomic E-state index is 0.0838. The van der Waals surface area contributed by atoms with Gasteiger partial charge in [-0.15, -0.1) is 0 Å². The van der Waals surface area contributed by atoms with E-state index in [-0.39, 0.29) is 5.92 Å². The third-order valence-electron chi connectivity index (χ3n) is 19.7. The third-order valence-corrected chi connectivity index (χ3v) is 25.8. The Bertz CT molecular complexity index is 3980. The summed E-state index contributed by atoms with van der Waals surface area (Å²) in [5.74, 6) is 0.0838. The van der Waals surface area contributed by atoms with Crippen molar-refractivity contribution in [1.82, 2.24) is 0 Å². The van der Waals surface area contributed by atoms with Gasteiger partial charge in [-0.25, -0.2) is 0 Å². The van der Waals surface area contributed by atoms with Gasteiger partial charge < -0.3 is 0 Å². The van der Waals surface area contributed by atoms with E-state index in [0.717, 1.165) is 0 Å². The molecule has 1 aliphatic carbocycles. The first-order valence-corrected chi connectivity index (χ1v) is 33.4. The van der Waals surface area contributed by atoms with E-state index < -0.39 is 8.07 Å². The van der Waals surface area contributed by atoms with Crippen molar-refractivity contribution in [2.75, 3.05) is 0 Å². The second-order valence-electron chi connectivity index (χ2n) is 24.4. The van der Waals surface area contributed by atoms with Crippen LogP contribution in [0.3, 0.4) is 0 Å². The van der Waals surface area contributed by atoms with Crippen molar-refractivity contribution in [3.8, 4) is 100 Å². The molecule has 0 heterocycles. The quantitative estimate of drug-likeness (QED) is 0.0797. The number of benzene rings is 12. The highest BCUT2D eigenvalue weighted by molar-refractivity contribution is 7.18. The molecule has 0 bridgehead atoms. The Hall–Kier alpha value is -9.66. The molecule has 1 unspecified atom stereocenters. The summed E-state index contributed by atoms with van der Waals surface area (Å²) in [6.07, 6.45) is 0. The molecular formula is C87H76Si. The molecule has 12 aromatic carbocycles. The van der Waals surface area contributed by atoms with Gasteiger partial charge in [-0.1, -0.05) is 296 Å². The first kappa shape index (κ1) is 57.4. The van der Waals surface area contributed by atoms with Gasteiger partial charge >= 0.3 is 0 Å². The van der Waals surface area contributed by atoms with Crippen molar-refractivity contribution in [3.05, 3.63) is 328 Å². The van der Waals surface area contributed by atoms with Gasteiger partial charge in [-0.2, -0.15) is 0 Å². The van der Waals surface area contributed by atoms with Crippen molar-refractivity contribution in [2.24, 2.45) is 5.92 Å². The lowest BCUT2D eigenvalue weighted by Gasteiger charge is -2.47. The fourth-order valence-corrected chi connectivity index (χ4v) is 23.3. The fraction of sp³-hybridized carbons (Fsp3) is 0.126. The van der Waals surface area contributed by atoms with E-state index in [2.05, 4.69) is 342 Å². The molecule has 0 nitrogen and oxygen atoms in total. The average molecular weight is 1150 g/mol. The van der Waals surface area contributed by atoms with Crippen molar-refractivity contribution >= 4 is 23.6 Å². The van der Waals surface area contributed by atoms with Gasteiger partial charge in [-0.3, -0.25) is 0 Å². The molecule has 88 heavy (non-hydrogen) atoms. The Morgan fingerprint density at radius 2 is 0.364 bits per heavy atom. The van der Waals surface area contributed by atoms with Crippen molar-refractivity contribution < 1.29 is 0 Å². The Morgan fingerprint density at radius 1 is 0.205 bits per heavy atom. The van der Waals surface area contributed by atoms with Crippen LogP contribution in [0.15, 0.2) is 295 Å². The largest absolute Gasteiger partial charge is 0.178 e. The first-order valence-electron chi connectivity index (χ1n) is 31.4. The minimum atomic E-state index is -3.99. The number of hydrogen-bond donors (Lipinski definition) is 0. The van der Waals surface area contributed by atoms with E-state index in [1.54, 1.807) is 5.20 Å². The predicted molar refractivity (Wildman–Crippen MR) is 382 cm³/mol. The molecule has 0 aliphatic heterocycles. The summed E-state index contributed by atoms with van der Waals surface area (Å²) in [7, 11) is -3.99. The monoisotopic (exact) mass is 1150 g/mol. The maximum Gasteiger partial charge on any atom is 0.178 e. The van der Waals surface area contributed by atoms with Crippen LogP contribution in [-0.4, -0.2) is 8.07 Å². The van der Waals surface area contributed by atoms with Gasteiger partial charge in [0.15, 0.2) is 8.07 Å². The summed E-state index contributed by atoms with van der Waals surface area (Å²) < 4.78 is 0. The highest BCUT2D eigenvalue weighted by Crippen LogP contribution is 2.53. The molecule has 0 amide bonds. The van der Waals surface area contributed by atoms with Crippen LogP contribution in [-0.2, 0) is 0 Å². The molecule has 0 saturated heterocycles. The van der Waals surface area contributed by atoms with Gasteiger partial charge in [0, 0.05) is 0 Å². The SMILES string of the molecule is CC1=C(C)C(C)C([Si](c2c(C)c(-c3ccccc3)c(-c3ccccc3)c(-c3ccccc3)c2C)(c2c(C)c(-c3ccccc3)c(-c3ccccc3)c(-c3ccccc3)c2C)c2c(C)c(-c3ccccc3)c(-c3ccccc3)c(-c3ccccc3)c2C)=C1C. The molecule has 0 saturated carbocycles. The molecule has 13 rings (SSSR count). The second kappa shape index (κ2) is 23.9. The fourth-order valence-electron chi connectivity index (χ4n) is 16.0. The van der Waals surface area contributed by atoms with E-state index in [1.807, 2.05) is 0 Å². The van der Waals surface area contributed by atoms with Crippen LogP contribution >= 0.6 is 0 Å². The van der Waals surface area contributed by atoms with Crippen LogP contribution in [0, 0.1) is 47.5 Å². The topological polar surface area (TPSA) is 0 Å². The molecule has 1 heteroatoms. The Morgan fingerprint density at radius 3 is 0.511 bits per heavy atom. The Kier molecular flexibility index (Phi) is 15.6.